The minimum Gasteiger partial charge on any atom is -0.385 e. The maximum absolute atomic E-state index is 10.5. The van der Waals surface area contributed by atoms with E-state index in [2.05, 4.69) is 27.2 Å². The molecule has 1 aliphatic heterocycles. The van der Waals surface area contributed by atoms with Gasteiger partial charge >= 0.3 is 0 Å². The Morgan fingerprint density at radius 1 is 1.32 bits per heavy atom. The normalized spacial score (nSPS) is 16.9. The summed E-state index contributed by atoms with van der Waals surface area (Å²) < 4.78 is 0. The third-order valence-electron chi connectivity index (χ3n) is 3.30. The molecule has 1 aromatic carbocycles. The molecule has 0 amide bonds. The summed E-state index contributed by atoms with van der Waals surface area (Å²) in [6.45, 7) is 1.85. The van der Waals surface area contributed by atoms with Crippen LogP contribution in [0.4, 0.5) is 0 Å². The molecule has 0 aliphatic carbocycles. The molecule has 5 nitrogen and oxygen atoms in total. The van der Waals surface area contributed by atoms with Gasteiger partial charge in [-0.15, -0.1) is 0 Å². The quantitative estimate of drug-likeness (QED) is 0.367. The number of nitrogens with zero attached hydrogens (tertiary/aromatic N) is 3. The zero-order chi connectivity index (χ0) is 13.6. The third-order valence-corrected chi connectivity index (χ3v) is 3.30. The van der Waals surface area contributed by atoms with Crippen LogP contribution in [0.5, 0.6) is 0 Å². The number of piperidine rings is 1. The van der Waals surface area contributed by atoms with Crippen molar-refractivity contribution < 1.29 is 5.11 Å². The molecule has 19 heavy (non-hydrogen) atoms. The molecule has 1 saturated heterocycles. The average Bonchev–Trinajstić information content (AvgIpc) is 2.45. The average molecular weight is 256 g/mol. The number of azide groups is 1. The molecule has 1 heterocycles. The van der Waals surface area contributed by atoms with E-state index in [0.29, 0.717) is 0 Å². The van der Waals surface area contributed by atoms with Crippen molar-refractivity contribution in [1.82, 2.24) is 5.32 Å². The van der Waals surface area contributed by atoms with Gasteiger partial charge in [0.25, 0.3) is 0 Å². The Morgan fingerprint density at radius 3 is 2.63 bits per heavy atom. The molecule has 0 radical (unpaired) electrons. The van der Waals surface area contributed by atoms with Crippen molar-refractivity contribution in [3.8, 4) is 11.8 Å². The van der Waals surface area contributed by atoms with Crippen molar-refractivity contribution in [3.63, 3.8) is 0 Å². The fourth-order valence-electron chi connectivity index (χ4n) is 2.20. The number of benzene rings is 1. The molecule has 0 atom stereocenters. The maximum Gasteiger partial charge on any atom is 0.0920 e. The summed E-state index contributed by atoms with van der Waals surface area (Å²) in [6, 6.07) is 7.61. The van der Waals surface area contributed by atoms with E-state index >= 15 is 0 Å². The smallest absolute Gasteiger partial charge is 0.0920 e. The van der Waals surface area contributed by atoms with Crippen LogP contribution < -0.4 is 5.32 Å². The van der Waals surface area contributed by atoms with Crippen LogP contribution in [-0.4, -0.2) is 24.7 Å². The molecule has 1 fully saturated rings. The van der Waals surface area contributed by atoms with Gasteiger partial charge in [-0.25, -0.2) is 0 Å². The molecule has 98 valence electrons. The van der Waals surface area contributed by atoms with Gasteiger partial charge in [0.1, 0.15) is 0 Å². The summed E-state index contributed by atoms with van der Waals surface area (Å²) in [5, 5.41) is 17.1. The van der Waals surface area contributed by atoms with E-state index in [0.717, 1.165) is 37.1 Å². The standard InChI is InChI=1S/C14H16N4O/c15-18-17-9-1-2-12-3-5-13(6-4-12)14(19)7-10-16-11-8-14/h3-6,16,19H,7-11H2. The van der Waals surface area contributed by atoms with Gasteiger partial charge in [-0.05, 0) is 49.2 Å². The Morgan fingerprint density at radius 2 is 2.00 bits per heavy atom. The predicted octanol–water partition coefficient (Wildman–Crippen LogP) is 1.92. The Hall–Kier alpha value is -1.99. The van der Waals surface area contributed by atoms with Crippen molar-refractivity contribution in [2.45, 2.75) is 18.4 Å². The molecule has 0 spiro atoms. The van der Waals surface area contributed by atoms with Crippen molar-refractivity contribution in [2.75, 3.05) is 19.6 Å². The highest BCUT2D eigenvalue weighted by Gasteiger charge is 2.30. The lowest BCUT2D eigenvalue weighted by atomic mass is 9.85. The summed E-state index contributed by atoms with van der Waals surface area (Å²) in [7, 11) is 0. The Labute approximate surface area is 112 Å². The minimum absolute atomic E-state index is 0.174. The van der Waals surface area contributed by atoms with E-state index in [9.17, 15) is 5.11 Å². The van der Waals surface area contributed by atoms with Crippen LogP contribution in [0.1, 0.15) is 24.0 Å². The molecule has 0 aromatic heterocycles. The SMILES string of the molecule is [N-]=[N+]=NCC#Cc1ccc(C2(O)CCNCC2)cc1. The number of aliphatic hydroxyl groups is 1. The van der Waals surface area contributed by atoms with Gasteiger partial charge in [0.05, 0.1) is 12.1 Å². The van der Waals surface area contributed by atoms with Gasteiger partial charge in [0.2, 0.25) is 0 Å². The van der Waals surface area contributed by atoms with Crippen LogP contribution in [0.3, 0.4) is 0 Å². The van der Waals surface area contributed by atoms with Crippen molar-refractivity contribution in [2.24, 2.45) is 5.11 Å². The molecule has 2 N–H and O–H groups in total. The lowest BCUT2D eigenvalue weighted by Gasteiger charge is -2.33. The highest BCUT2D eigenvalue weighted by Crippen LogP contribution is 2.30. The number of rotatable bonds is 2. The second-order valence-corrected chi connectivity index (χ2v) is 4.55. The van der Waals surface area contributed by atoms with Crippen molar-refractivity contribution >= 4 is 0 Å². The summed E-state index contributed by atoms with van der Waals surface area (Å²) in [4.78, 5) is 2.63. The zero-order valence-electron chi connectivity index (χ0n) is 10.6. The fourth-order valence-corrected chi connectivity index (χ4v) is 2.20. The predicted molar refractivity (Wildman–Crippen MR) is 73.3 cm³/mol. The summed E-state index contributed by atoms with van der Waals surface area (Å²) in [5.74, 6) is 5.68. The highest BCUT2D eigenvalue weighted by atomic mass is 16.3. The third kappa shape index (κ3) is 3.49. The van der Waals surface area contributed by atoms with Crippen LogP contribution in [-0.2, 0) is 5.60 Å². The van der Waals surface area contributed by atoms with E-state index in [4.69, 9.17) is 5.53 Å². The first-order valence-corrected chi connectivity index (χ1v) is 6.28. The van der Waals surface area contributed by atoms with Gasteiger partial charge in [-0.2, -0.15) is 0 Å². The maximum atomic E-state index is 10.5. The van der Waals surface area contributed by atoms with Gasteiger partial charge in [-0.3, -0.25) is 0 Å². The van der Waals surface area contributed by atoms with Gasteiger partial charge < -0.3 is 10.4 Å². The summed E-state index contributed by atoms with van der Waals surface area (Å²) in [5.41, 5.74) is 9.21. The number of hydrogen-bond acceptors (Lipinski definition) is 3. The molecule has 1 aromatic rings. The van der Waals surface area contributed by atoms with E-state index in [1.165, 1.54) is 0 Å². The molecule has 0 bridgehead atoms. The first-order chi connectivity index (χ1) is 9.24. The lowest BCUT2D eigenvalue weighted by molar-refractivity contribution is 0.00594. The Balaban J connectivity index is 2.08. The first-order valence-electron chi connectivity index (χ1n) is 6.28. The lowest BCUT2D eigenvalue weighted by Crippen LogP contribution is -2.39. The minimum atomic E-state index is -0.720. The first kappa shape index (κ1) is 13.4. The molecule has 1 aliphatic rings. The largest absolute Gasteiger partial charge is 0.385 e. The van der Waals surface area contributed by atoms with Crippen LogP contribution in [0, 0.1) is 11.8 Å². The molecule has 0 unspecified atom stereocenters. The summed E-state index contributed by atoms with van der Waals surface area (Å²) in [6.07, 6.45) is 1.46. The fraction of sp³-hybridized carbons (Fsp3) is 0.429. The number of hydrogen-bond donors (Lipinski definition) is 2. The zero-order valence-corrected chi connectivity index (χ0v) is 10.6. The second kappa shape index (κ2) is 6.26. The van der Waals surface area contributed by atoms with Crippen LogP contribution in [0.2, 0.25) is 0 Å². The van der Waals surface area contributed by atoms with E-state index in [-0.39, 0.29) is 6.54 Å². The van der Waals surface area contributed by atoms with Crippen molar-refractivity contribution in [3.05, 3.63) is 45.8 Å². The van der Waals surface area contributed by atoms with E-state index in [1.807, 2.05) is 24.3 Å². The molecule has 2 rings (SSSR count). The van der Waals surface area contributed by atoms with Gasteiger partial charge in [0, 0.05) is 10.5 Å². The molecular formula is C14H16N4O. The Bertz CT molecular complexity index is 529. The van der Waals surface area contributed by atoms with Crippen LogP contribution in [0.15, 0.2) is 29.4 Å². The highest BCUT2D eigenvalue weighted by molar-refractivity contribution is 5.38. The monoisotopic (exact) mass is 256 g/mol. The molecular weight excluding hydrogens is 240 g/mol. The number of nitrogens with one attached hydrogen (secondary N) is 1. The van der Waals surface area contributed by atoms with Crippen LogP contribution >= 0.6 is 0 Å². The van der Waals surface area contributed by atoms with Crippen LogP contribution in [0.25, 0.3) is 10.4 Å². The van der Waals surface area contributed by atoms with E-state index < -0.39 is 5.60 Å². The molecule has 5 heteroatoms. The molecule has 0 saturated carbocycles. The van der Waals surface area contributed by atoms with Gasteiger partial charge in [-0.1, -0.05) is 29.1 Å². The van der Waals surface area contributed by atoms with Crippen molar-refractivity contribution in [1.29, 1.82) is 0 Å². The van der Waals surface area contributed by atoms with Gasteiger partial charge in [0.15, 0.2) is 0 Å². The second-order valence-electron chi connectivity index (χ2n) is 4.55. The Kier molecular flexibility index (Phi) is 4.43. The topological polar surface area (TPSA) is 81.0 Å². The summed E-state index contributed by atoms with van der Waals surface area (Å²) >= 11 is 0. The van der Waals surface area contributed by atoms with E-state index in [1.54, 1.807) is 0 Å².